The molecule has 0 fully saturated rings. The van der Waals surface area contributed by atoms with Gasteiger partial charge in [-0.25, -0.2) is 17.6 Å². The van der Waals surface area contributed by atoms with Crippen LogP contribution in [0.4, 0.5) is 23.2 Å². The first-order chi connectivity index (χ1) is 9.97. The van der Waals surface area contributed by atoms with Crippen molar-refractivity contribution in [3.63, 3.8) is 0 Å². The van der Waals surface area contributed by atoms with Gasteiger partial charge in [0.1, 0.15) is 5.69 Å². The van der Waals surface area contributed by atoms with E-state index in [2.05, 4.69) is 21.2 Å². The average molecular weight is 360 g/mol. The molecule has 110 valence electrons. The van der Waals surface area contributed by atoms with Crippen LogP contribution in [0.25, 0.3) is 0 Å². The van der Waals surface area contributed by atoms with Gasteiger partial charge in [0.25, 0.3) is 0 Å². The van der Waals surface area contributed by atoms with Crippen LogP contribution in [0.2, 0.25) is 0 Å². The van der Waals surface area contributed by atoms with Gasteiger partial charge in [-0.05, 0) is 36.1 Å². The van der Waals surface area contributed by atoms with Crippen molar-refractivity contribution in [1.29, 1.82) is 0 Å². The van der Waals surface area contributed by atoms with E-state index in [1.165, 1.54) is 0 Å². The smallest absolute Gasteiger partial charge is 0.185 e. The Bertz CT molecular complexity index is 691. The lowest BCUT2D eigenvalue weighted by atomic mass is 10.1. The van der Waals surface area contributed by atoms with Crippen LogP contribution in [0, 0.1) is 23.3 Å². The Kier molecular flexibility index (Phi) is 3.65. The van der Waals surface area contributed by atoms with Crippen molar-refractivity contribution in [2.75, 3.05) is 5.32 Å². The number of anilines is 1. The molecule has 0 aliphatic heterocycles. The summed E-state index contributed by atoms with van der Waals surface area (Å²) in [6.07, 6.45) is 1.33. The van der Waals surface area contributed by atoms with Gasteiger partial charge in [-0.3, -0.25) is 0 Å². The van der Waals surface area contributed by atoms with Crippen molar-refractivity contribution >= 4 is 21.6 Å². The van der Waals surface area contributed by atoms with Gasteiger partial charge in [-0.15, -0.1) is 0 Å². The second kappa shape index (κ2) is 5.33. The van der Waals surface area contributed by atoms with Crippen molar-refractivity contribution < 1.29 is 17.6 Å². The van der Waals surface area contributed by atoms with E-state index in [9.17, 15) is 17.6 Å². The van der Waals surface area contributed by atoms with Gasteiger partial charge in [0.05, 0.1) is 6.04 Å². The van der Waals surface area contributed by atoms with E-state index in [4.69, 9.17) is 0 Å². The number of rotatable bonds is 2. The first-order valence-corrected chi connectivity index (χ1v) is 7.14. The van der Waals surface area contributed by atoms with Crippen LogP contribution in [0.1, 0.15) is 23.6 Å². The molecule has 0 heterocycles. The summed E-state index contributed by atoms with van der Waals surface area (Å²) in [5.41, 5.74) is 1.16. The quantitative estimate of drug-likeness (QED) is 0.580. The first-order valence-electron chi connectivity index (χ1n) is 6.35. The van der Waals surface area contributed by atoms with Crippen molar-refractivity contribution in [1.82, 2.24) is 0 Å². The Morgan fingerprint density at radius 1 is 1.00 bits per heavy atom. The van der Waals surface area contributed by atoms with E-state index >= 15 is 0 Å². The predicted octanol–water partition coefficient (Wildman–Crippen LogP) is 5.10. The summed E-state index contributed by atoms with van der Waals surface area (Å²) in [5, 5.41) is 2.59. The molecule has 1 atom stereocenters. The monoisotopic (exact) mass is 359 g/mol. The van der Waals surface area contributed by atoms with Crippen LogP contribution in [0.3, 0.4) is 0 Å². The van der Waals surface area contributed by atoms with Gasteiger partial charge in [0, 0.05) is 10.5 Å². The maximum absolute atomic E-state index is 13.7. The van der Waals surface area contributed by atoms with Crippen molar-refractivity contribution in [2.45, 2.75) is 18.9 Å². The van der Waals surface area contributed by atoms with E-state index < -0.39 is 29.0 Å². The minimum absolute atomic E-state index is 0.204. The summed E-state index contributed by atoms with van der Waals surface area (Å²) in [5.74, 6) is -5.63. The molecule has 1 nitrogen and oxygen atoms in total. The van der Waals surface area contributed by atoms with Crippen LogP contribution in [-0.2, 0) is 6.42 Å². The maximum Gasteiger partial charge on any atom is 0.185 e. The molecule has 0 bridgehead atoms. The molecule has 6 heteroatoms. The molecular weight excluding hydrogens is 350 g/mol. The van der Waals surface area contributed by atoms with Gasteiger partial charge in [-0.2, -0.15) is 0 Å². The number of hydrogen-bond acceptors (Lipinski definition) is 1. The third kappa shape index (κ3) is 2.52. The fourth-order valence-electron chi connectivity index (χ4n) is 2.61. The number of hydrogen-bond donors (Lipinski definition) is 1. The van der Waals surface area contributed by atoms with Crippen molar-refractivity contribution in [3.05, 3.63) is 63.1 Å². The molecule has 1 aliphatic rings. The fourth-order valence-corrected chi connectivity index (χ4v) is 3.02. The van der Waals surface area contributed by atoms with Crippen LogP contribution < -0.4 is 5.32 Å². The molecule has 1 aliphatic carbocycles. The third-order valence-corrected chi connectivity index (χ3v) is 4.11. The Balaban J connectivity index is 1.97. The molecule has 0 spiro atoms. The highest BCUT2D eigenvalue weighted by Gasteiger charge is 2.26. The standard InChI is InChI=1S/C15H10BrF4N/c16-8-2-3-9-7(5-8)1-4-12(9)21-15-13(19)10(17)6-11(18)14(15)20/h2-3,5-6,12,21H,1,4H2. The van der Waals surface area contributed by atoms with E-state index in [-0.39, 0.29) is 12.1 Å². The SMILES string of the molecule is Fc1cc(F)c(F)c(NC2CCc3cc(Br)ccc32)c1F. The average Bonchev–Trinajstić information content (AvgIpc) is 2.83. The molecule has 0 radical (unpaired) electrons. The summed E-state index contributed by atoms with van der Waals surface area (Å²) < 4.78 is 54.7. The van der Waals surface area contributed by atoms with Crippen LogP contribution in [-0.4, -0.2) is 0 Å². The van der Waals surface area contributed by atoms with Gasteiger partial charge in [-0.1, -0.05) is 22.0 Å². The summed E-state index contributed by atoms with van der Waals surface area (Å²) in [6, 6.07) is 5.40. The number of benzene rings is 2. The molecule has 2 aromatic rings. The lowest BCUT2D eigenvalue weighted by molar-refractivity contribution is 0.456. The normalized spacial score (nSPS) is 16.9. The van der Waals surface area contributed by atoms with Gasteiger partial charge >= 0.3 is 0 Å². The van der Waals surface area contributed by atoms with Crippen molar-refractivity contribution in [2.24, 2.45) is 0 Å². The minimum Gasteiger partial charge on any atom is -0.373 e. The molecule has 0 saturated heterocycles. The van der Waals surface area contributed by atoms with E-state index in [0.29, 0.717) is 6.42 Å². The highest BCUT2D eigenvalue weighted by molar-refractivity contribution is 9.10. The Morgan fingerprint density at radius 3 is 2.33 bits per heavy atom. The van der Waals surface area contributed by atoms with Crippen LogP contribution >= 0.6 is 15.9 Å². The van der Waals surface area contributed by atoms with Crippen LogP contribution in [0.5, 0.6) is 0 Å². The second-order valence-electron chi connectivity index (χ2n) is 4.92. The van der Waals surface area contributed by atoms with Gasteiger partial charge < -0.3 is 5.32 Å². The number of fused-ring (bicyclic) bond motifs is 1. The second-order valence-corrected chi connectivity index (χ2v) is 5.84. The number of halogens is 5. The van der Waals surface area contributed by atoms with E-state index in [0.717, 1.165) is 22.0 Å². The zero-order valence-electron chi connectivity index (χ0n) is 10.7. The highest BCUT2D eigenvalue weighted by atomic mass is 79.9. The predicted molar refractivity (Wildman–Crippen MR) is 75.1 cm³/mol. The van der Waals surface area contributed by atoms with Crippen LogP contribution in [0.15, 0.2) is 28.7 Å². The highest BCUT2D eigenvalue weighted by Crippen LogP contribution is 2.37. The maximum atomic E-state index is 13.7. The van der Waals surface area contributed by atoms with E-state index in [1.54, 1.807) is 0 Å². The molecule has 1 unspecified atom stereocenters. The minimum atomic E-state index is -1.41. The molecule has 0 aromatic heterocycles. The van der Waals surface area contributed by atoms with Gasteiger partial charge in [0.15, 0.2) is 23.3 Å². The topological polar surface area (TPSA) is 12.0 Å². The lowest BCUT2D eigenvalue weighted by Gasteiger charge is -2.17. The Morgan fingerprint density at radius 2 is 1.67 bits per heavy atom. The molecular formula is C15H10BrF4N. The molecule has 0 amide bonds. The van der Waals surface area contributed by atoms with Crippen molar-refractivity contribution in [3.8, 4) is 0 Å². The zero-order chi connectivity index (χ0) is 15.1. The molecule has 1 N–H and O–H groups in total. The third-order valence-electron chi connectivity index (χ3n) is 3.61. The molecule has 0 saturated carbocycles. The summed E-state index contributed by atoms with van der Waals surface area (Å²) in [6.45, 7) is 0. The van der Waals surface area contributed by atoms with Gasteiger partial charge in [0.2, 0.25) is 0 Å². The number of aryl methyl sites for hydroxylation is 1. The Labute approximate surface area is 127 Å². The summed E-state index contributed by atoms with van der Waals surface area (Å²) in [7, 11) is 0. The van der Waals surface area contributed by atoms with E-state index in [1.807, 2.05) is 18.2 Å². The lowest BCUT2D eigenvalue weighted by Crippen LogP contribution is -2.12. The zero-order valence-corrected chi connectivity index (χ0v) is 12.3. The largest absolute Gasteiger partial charge is 0.373 e. The molecule has 2 aromatic carbocycles. The first kappa shape index (κ1) is 14.4. The fraction of sp³-hybridized carbons (Fsp3) is 0.200. The summed E-state index contributed by atoms with van der Waals surface area (Å²) >= 11 is 3.35. The Hall–Kier alpha value is -1.56. The number of nitrogens with one attached hydrogen (secondary N) is 1. The molecule has 21 heavy (non-hydrogen) atoms. The summed E-state index contributed by atoms with van der Waals surface area (Å²) in [4.78, 5) is 0. The molecule has 3 rings (SSSR count).